The van der Waals surface area contributed by atoms with Gasteiger partial charge in [-0.25, -0.2) is 0 Å². The van der Waals surface area contributed by atoms with E-state index in [4.69, 9.17) is 10.5 Å². The van der Waals surface area contributed by atoms with Crippen LogP contribution in [-0.4, -0.2) is 31.4 Å². The molecule has 1 amide bonds. The van der Waals surface area contributed by atoms with Crippen molar-refractivity contribution in [2.75, 3.05) is 13.4 Å². The molecular weight excluding hydrogens is 329 g/mol. The summed E-state index contributed by atoms with van der Waals surface area (Å²) < 4.78 is 43.9. The number of halogens is 3. The van der Waals surface area contributed by atoms with Crippen molar-refractivity contribution in [1.29, 1.82) is 0 Å². The second-order valence-corrected chi connectivity index (χ2v) is 6.28. The minimum atomic E-state index is -4.50. The smallest absolute Gasteiger partial charge is 0.416 e. The molecule has 2 rings (SSSR count). The van der Waals surface area contributed by atoms with Gasteiger partial charge in [-0.05, 0) is 37.7 Å². The van der Waals surface area contributed by atoms with Crippen LogP contribution >= 0.6 is 11.8 Å². The Hall–Kier alpha value is -1.41. The van der Waals surface area contributed by atoms with Crippen molar-refractivity contribution < 1.29 is 22.7 Å². The topological polar surface area (TPSA) is 64.3 Å². The van der Waals surface area contributed by atoms with Crippen LogP contribution in [0.3, 0.4) is 0 Å². The molecule has 0 aromatic heterocycles. The summed E-state index contributed by atoms with van der Waals surface area (Å²) in [5.41, 5.74) is 5.21. The van der Waals surface area contributed by atoms with Gasteiger partial charge in [-0.2, -0.15) is 13.2 Å². The molecule has 0 saturated heterocycles. The molecular formula is C15H19F3N2O2S. The number of carbonyl (C=O) groups excluding carboxylic acids is 1. The first-order valence-corrected chi connectivity index (χ1v) is 8.40. The first-order chi connectivity index (χ1) is 10.8. The maximum absolute atomic E-state index is 13.0. The van der Waals surface area contributed by atoms with Gasteiger partial charge in [-0.1, -0.05) is 0 Å². The number of rotatable bonds is 4. The van der Waals surface area contributed by atoms with Crippen molar-refractivity contribution in [3.63, 3.8) is 0 Å². The van der Waals surface area contributed by atoms with Gasteiger partial charge in [0.2, 0.25) is 0 Å². The lowest BCUT2D eigenvalue weighted by Crippen LogP contribution is -2.44. The average Bonchev–Trinajstić information content (AvgIpc) is 2.89. The Morgan fingerprint density at radius 1 is 1.39 bits per heavy atom. The van der Waals surface area contributed by atoms with Crippen molar-refractivity contribution in [3.8, 4) is 5.75 Å². The number of nitrogens with two attached hydrogens (primary N) is 1. The average molecular weight is 348 g/mol. The fourth-order valence-corrected chi connectivity index (χ4v) is 3.35. The van der Waals surface area contributed by atoms with Crippen LogP contribution in [0.5, 0.6) is 5.75 Å². The molecule has 23 heavy (non-hydrogen) atoms. The van der Waals surface area contributed by atoms with Crippen molar-refractivity contribution in [3.05, 3.63) is 23.3 Å². The van der Waals surface area contributed by atoms with Crippen molar-refractivity contribution in [1.82, 2.24) is 5.32 Å². The number of carbonyl (C=O) groups is 1. The molecule has 1 saturated carbocycles. The molecule has 2 atom stereocenters. The Kier molecular flexibility index (Phi) is 5.46. The lowest BCUT2D eigenvalue weighted by molar-refractivity contribution is -0.137. The van der Waals surface area contributed by atoms with E-state index in [1.165, 1.54) is 7.11 Å². The van der Waals surface area contributed by atoms with E-state index in [1.807, 2.05) is 0 Å². The van der Waals surface area contributed by atoms with Gasteiger partial charge >= 0.3 is 6.18 Å². The molecule has 0 aliphatic heterocycles. The summed E-state index contributed by atoms with van der Waals surface area (Å²) in [6.07, 6.45) is -0.367. The Morgan fingerprint density at radius 2 is 2.09 bits per heavy atom. The maximum atomic E-state index is 13.0. The largest absolute Gasteiger partial charge is 0.496 e. The van der Waals surface area contributed by atoms with Gasteiger partial charge in [0.25, 0.3) is 5.91 Å². The Labute approximate surface area is 136 Å². The Morgan fingerprint density at radius 3 is 2.57 bits per heavy atom. The van der Waals surface area contributed by atoms with Crippen LogP contribution in [0.15, 0.2) is 17.0 Å². The molecule has 1 fully saturated rings. The molecule has 1 aliphatic carbocycles. The van der Waals surface area contributed by atoms with Gasteiger partial charge < -0.3 is 15.8 Å². The first kappa shape index (κ1) is 17.9. The highest BCUT2D eigenvalue weighted by Crippen LogP contribution is 2.38. The zero-order valence-electron chi connectivity index (χ0n) is 12.9. The minimum Gasteiger partial charge on any atom is -0.496 e. The lowest BCUT2D eigenvalue weighted by Gasteiger charge is -2.20. The number of hydrogen-bond donors (Lipinski definition) is 2. The van der Waals surface area contributed by atoms with Crippen LogP contribution in [0.2, 0.25) is 0 Å². The highest BCUT2D eigenvalue weighted by Gasteiger charge is 2.34. The molecule has 128 valence electrons. The zero-order valence-corrected chi connectivity index (χ0v) is 13.7. The SMILES string of the molecule is COc1cc(C(F)(F)F)cc(SC)c1C(=O)NC1CCCC1N. The fraction of sp³-hybridized carbons (Fsp3) is 0.533. The number of methoxy groups -OCH3 is 1. The van der Waals surface area contributed by atoms with Crippen molar-refractivity contribution >= 4 is 17.7 Å². The Bertz CT molecular complexity index is 568. The van der Waals surface area contributed by atoms with Crippen LogP contribution < -0.4 is 15.8 Å². The summed E-state index contributed by atoms with van der Waals surface area (Å²) in [6.45, 7) is 0. The Balaban J connectivity index is 2.38. The van der Waals surface area contributed by atoms with E-state index in [1.54, 1.807) is 6.26 Å². The van der Waals surface area contributed by atoms with Crippen molar-refractivity contribution in [2.24, 2.45) is 5.73 Å². The van der Waals surface area contributed by atoms with E-state index < -0.39 is 17.6 Å². The van der Waals surface area contributed by atoms with E-state index in [0.717, 1.165) is 43.2 Å². The van der Waals surface area contributed by atoms with Gasteiger partial charge in [0.05, 0.1) is 18.2 Å². The molecule has 0 heterocycles. The summed E-state index contributed by atoms with van der Waals surface area (Å²) >= 11 is 1.07. The van der Waals surface area contributed by atoms with E-state index in [9.17, 15) is 18.0 Å². The number of hydrogen-bond acceptors (Lipinski definition) is 4. The first-order valence-electron chi connectivity index (χ1n) is 7.17. The summed E-state index contributed by atoms with van der Waals surface area (Å²) in [5.74, 6) is -0.546. The molecule has 1 aliphatic rings. The number of nitrogens with one attached hydrogen (secondary N) is 1. The molecule has 3 N–H and O–H groups in total. The van der Waals surface area contributed by atoms with Crippen LogP contribution in [0.1, 0.15) is 35.2 Å². The highest BCUT2D eigenvalue weighted by molar-refractivity contribution is 7.98. The quantitative estimate of drug-likeness (QED) is 0.821. The standard InChI is InChI=1S/C15H19F3N2O2S/c1-22-11-6-8(15(16,17)18)7-12(23-2)13(11)14(21)20-10-5-3-4-9(10)19/h6-7,9-10H,3-5,19H2,1-2H3,(H,20,21). The van der Waals surface area contributed by atoms with Gasteiger partial charge in [-0.3, -0.25) is 4.79 Å². The third kappa shape index (κ3) is 3.92. The monoisotopic (exact) mass is 348 g/mol. The number of amides is 1. The lowest BCUT2D eigenvalue weighted by atomic mass is 10.1. The fourth-order valence-electron chi connectivity index (χ4n) is 2.71. The third-order valence-electron chi connectivity index (χ3n) is 3.95. The summed E-state index contributed by atoms with van der Waals surface area (Å²) in [5, 5.41) is 2.81. The zero-order chi connectivity index (χ0) is 17.2. The number of alkyl halides is 3. The van der Waals surface area contributed by atoms with Crippen molar-refractivity contribution in [2.45, 2.75) is 42.4 Å². The van der Waals surface area contributed by atoms with Crippen LogP contribution in [0.4, 0.5) is 13.2 Å². The van der Waals surface area contributed by atoms with Gasteiger partial charge in [0, 0.05) is 17.0 Å². The van der Waals surface area contributed by atoms with E-state index >= 15 is 0 Å². The summed E-state index contributed by atoms with van der Waals surface area (Å²) in [6, 6.07) is 1.53. The second kappa shape index (κ2) is 7.00. The van der Waals surface area contributed by atoms with Gasteiger partial charge in [0.1, 0.15) is 5.75 Å². The number of benzene rings is 1. The van der Waals surface area contributed by atoms with E-state index in [2.05, 4.69) is 5.32 Å². The summed E-state index contributed by atoms with van der Waals surface area (Å²) in [7, 11) is 1.25. The minimum absolute atomic E-state index is 0.0896. The molecule has 4 nitrogen and oxygen atoms in total. The molecule has 1 aromatic rings. The molecule has 0 radical (unpaired) electrons. The second-order valence-electron chi connectivity index (χ2n) is 5.43. The normalized spacial score (nSPS) is 21.3. The highest BCUT2D eigenvalue weighted by atomic mass is 32.2. The molecule has 1 aromatic carbocycles. The van der Waals surface area contributed by atoms with Crippen LogP contribution in [0, 0.1) is 0 Å². The summed E-state index contributed by atoms with van der Waals surface area (Å²) in [4.78, 5) is 12.7. The molecule has 0 bridgehead atoms. The van der Waals surface area contributed by atoms with E-state index in [0.29, 0.717) is 0 Å². The van der Waals surface area contributed by atoms with Crippen LogP contribution in [0.25, 0.3) is 0 Å². The number of thioether (sulfide) groups is 1. The molecule has 0 spiro atoms. The molecule has 8 heteroatoms. The van der Waals surface area contributed by atoms with E-state index in [-0.39, 0.29) is 28.3 Å². The number of ether oxygens (including phenoxy) is 1. The van der Waals surface area contributed by atoms with Gasteiger partial charge in [0.15, 0.2) is 0 Å². The van der Waals surface area contributed by atoms with Crippen LogP contribution in [-0.2, 0) is 6.18 Å². The maximum Gasteiger partial charge on any atom is 0.416 e. The van der Waals surface area contributed by atoms with Gasteiger partial charge in [-0.15, -0.1) is 11.8 Å². The molecule has 2 unspecified atom stereocenters. The predicted octanol–water partition coefficient (Wildman–Crippen LogP) is 3.05. The third-order valence-corrected chi connectivity index (χ3v) is 4.71. The predicted molar refractivity (Wildman–Crippen MR) is 82.9 cm³/mol.